The van der Waals surface area contributed by atoms with Crippen molar-refractivity contribution >= 4 is 15.7 Å². The van der Waals surface area contributed by atoms with E-state index in [-0.39, 0.29) is 18.1 Å². The highest BCUT2D eigenvalue weighted by Gasteiger charge is 2.24. The lowest BCUT2D eigenvalue weighted by Crippen LogP contribution is -2.52. The van der Waals surface area contributed by atoms with E-state index in [1.54, 1.807) is 4.90 Å². The average molecular weight is 263 g/mol. The summed E-state index contributed by atoms with van der Waals surface area (Å²) in [5, 5.41) is 0. The Morgan fingerprint density at radius 3 is 2.29 bits per heavy atom. The van der Waals surface area contributed by atoms with Crippen molar-refractivity contribution in [3.05, 3.63) is 0 Å². The first-order valence-corrected chi connectivity index (χ1v) is 7.76. The van der Waals surface area contributed by atoms with E-state index in [0.717, 1.165) is 19.3 Å². The summed E-state index contributed by atoms with van der Waals surface area (Å²) in [7, 11) is -1.05. The van der Waals surface area contributed by atoms with Gasteiger partial charge in [-0.1, -0.05) is 0 Å². The zero-order valence-corrected chi connectivity index (χ0v) is 11.2. The molecule has 2 N–H and O–H groups in total. The standard InChI is InChI=1S/C10H21N3O3S/c1-12-4-6-13(7-5-12)10(14)9(11)3-8-17(2,15)16/h9H,3-8,11H2,1-2H3. The first-order chi connectivity index (χ1) is 7.79. The minimum absolute atomic E-state index is 0.0341. The van der Waals surface area contributed by atoms with Crippen molar-refractivity contribution in [1.82, 2.24) is 9.80 Å². The van der Waals surface area contributed by atoms with Crippen LogP contribution in [0.15, 0.2) is 0 Å². The van der Waals surface area contributed by atoms with E-state index >= 15 is 0 Å². The Balaban J connectivity index is 2.41. The summed E-state index contributed by atoms with van der Waals surface area (Å²) in [5.74, 6) is -0.171. The van der Waals surface area contributed by atoms with E-state index in [4.69, 9.17) is 5.73 Å². The Morgan fingerprint density at radius 2 is 1.82 bits per heavy atom. The maximum Gasteiger partial charge on any atom is 0.239 e. The Labute approximate surface area is 103 Å². The summed E-state index contributed by atoms with van der Waals surface area (Å²) >= 11 is 0. The van der Waals surface area contributed by atoms with Crippen LogP contribution in [-0.4, -0.2) is 75.4 Å². The molecule has 1 atom stereocenters. The average Bonchev–Trinajstić information content (AvgIpc) is 2.25. The van der Waals surface area contributed by atoms with Crippen molar-refractivity contribution in [1.29, 1.82) is 0 Å². The second-order valence-electron chi connectivity index (χ2n) is 4.65. The topological polar surface area (TPSA) is 83.7 Å². The summed E-state index contributed by atoms with van der Waals surface area (Å²) in [5.41, 5.74) is 5.72. The summed E-state index contributed by atoms with van der Waals surface area (Å²) in [6.07, 6.45) is 1.35. The molecular formula is C10H21N3O3S. The molecule has 0 radical (unpaired) electrons. The van der Waals surface area contributed by atoms with Gasteiger partial charge in [-0.3, -0.25) is 4.79 Å². The monoisotopic (exact) mass is 263 g/mol. The molecule has 1 saturated heterocycles. The Hall–Kier alpha value is -0.660. The van der Waals surface area contributed by atoms with Crippen molar-refractivity contribution < 1.29 is 13.2 Å². The van der Waals surface area contributed by atoms with Crippen molar-refractivity contribution in [3.63, 3.8) is 0 Å². The zero-order chi connectivity index (χ0) is 13.1. The number of hydrogen-bond donors (Lipinski definition) is 1. The van der Waals surface area contributed by atoms with E-state index in [0.29, 0.717) is 13.1 Å². The lowest BCUT2D eigenvalue weighted by molar-refractivity contribution is -0.134. The molecule has 1 heterocycles. The van der Waals surface area contributed by atoms with E-state index in [2.05, 4.69) is 4.90 Å². The quantitative estimate of drug-likeness (QED) is 0.669. The van der Waals surface area contributed by atoms with Crippen LogP contribution < -0.4 is 5.73 Å². The van der Waals surface area contributed by atoms with Crippen LogP contribution in [0.4, 0.5) is 0 Å². The first kappa shape index (κ1) is 14.4. The van der Waals surface area contributed by atoms with Gasteiger partial charge in [-0.2, -0.15) is 0 Å². The fraction of sp³-hybridized carbons (Fsp3) is 0.900. The molecule has 0 bridgehead atoms. The largest absolute Gasteiger partial charge is 0.339 e. The number of nitrogens with two attached hydrogens (primary N) is 1. The lowest BCUT2D eigenvalue weighted by atomic mass is 10.2. The summed E-state index contributed by atoms with van der Waals surface area (Å²) in [6.45, 7) is 3.01. The summed E-state index contributed by atoms with van der Waals surface area (Å²) < 4.78 is 22.0. The van der Waals surface area contributed by atoms with Gasteiger partial charge in [-0.05, 0) is 13.5 Å². The predicted molar refractivity (Wildman–Crippen MR) is 66.4 cm³/mol. The minimum atomic E-state index is -3.05. The molecule has 0 aromatic rings. The van der Waals surface area contributed by atoms with Crippen LogP contribution in [0.3, 0.4) is 0 Å². The highest BCUT2D eigenvalue weighted by Crippen LogP contribution is 2.04. The van der Waals surface area contributed by atoms with Crippen molar-refractivity contribution in [3.8, 4) is 0 Å². The van der Waals surface area contributed by atoms with Crippen LogP contribution in [0.1, 0.15) is 6.42 Å². The molecule has 1 aliphatic heterocycles. The number of piperazine rings is 1. The molecule has 0 aromatic carbocycles. The van der Waals surface area contributed by atoms with Crippen LogP contribution in [0.5, 0.6) is 0 Å². The number of carbonyl (C=O) groups excluding carboxylic acids is 1. The molecule has 1 aliphatic rings. The van der Waals surface area contributed by atoms with E-state index < -0.39 is 15.9 Å². The van der Waals surface area contributed by atoms with Crippen LogP contribution in [0.2, 0.25) is 0 Å². The third-order valence-corrected chi connectivity index (χ3v) is 3.91. The van der Waals surface area contributed by atoms with Gasteiger partial charge in [0, 0.05) is 32.4 Å². The van der Waals surface area contributed by atoms with Crippen LogP contribution in [0, 0.1) is 0 Å². The SMILES string of the molecule is CN1CCN(C(=O)C(N)CCS(C)(=O)=O)CC1. The van der Waals surface area contributed by atoms with E-state index in [1.165, 1.54) is 0 Å². The van der Waals surface area contributed by atoms with Crippen LogP contribution in [0.25, 0.3) is 0 Å². The molecule has 0 spiro atoms. The van der Waals surface area contributed by atoms with Gasteiger partial charge in [-0.15, -0.1) is 0 Å². The molecule has 0 aromatic heterocycles. The number of sulfone groups is 1. The molecule has 0 saturated carbocycles. The van der Waals surface area contributed by atoms with E-state index in [9.17, 15) is 13.2 Å². The number of amides is 1. The molecule has 1 unspecified atom stereocenters. The Morgan fingerprint density at radius 1 is 1.29 bits per heavy atom. The number of likely N-dealkylation sites (N-methyl/N-ethyl adjacent to an activating group) is 1. The molecule has 6 nitrogen and oxygen atoms in total. The number of carbonyl (C=O) groups is 1. The van der Waals surface area contributed by atoms with E-state index in [1.807, 2.05) is 7.05 Å². The van der Waals surface area contributed by atoms with Crippen molar-refractivity contribution in [2.24, 2.45) is 5.73 Å². The highest BCUT2D eigenvalue weighted by molar-refractivity contribution is 7.90. The van der Waals surface area contributed by atoms with Gasteiger partial charge in [-0.25, -0.2) is 8.42 Å². The zero-order valence-electron chi connectivity index (χ0n) is 10.4. The first-order valence-electron chi connectivity index (χ1n) is 5.70. The molecular weight excluding hydrogens is 242 g/mol. The second kappa shape index (κ2) is 5.79. The summed E-state index contributed by atoms with van der Waals surface area (Å²) in [4.78, 5) is 15.8. The van der Waals surface area contributed by atoms with Gasteiger partial charge in [0.1, 0.15) is 9.84 Å². The molecule has 100 valence electrons. The van der Waals surface area contributed by atoms with Crippen molar-refractivity contribution in [2.75, 3.05) is 45.2 Å². The summed E-state index contributed by atoms with van der Waals surface area (Å²) in [6, 6.07) is -0.701. The van der Waals surface area contributed by atoms with Gasteiger partial charge in [0.05, 0.1) is 11.8 Å². The molecule has 0 aliphatic carbocycles. The highest BCUT2D eigenvalue weighted by atomic mass is 32.2. The Bertz CT molecular complexity index is 361. The fourth-order valence-electron chi connectivity index (χ4n) is 1.73. The fourth-order valence-corrected chi connectivity index (χ4v) is 2.41. The minimum Gasteiger partial charge on any atom is -0.339 e. The molecule has 1 rings (SSSR count). The van der Waals surface area contributed by atoms with Crippen LogP contribution >= 0.6 is 0 Å². The number of nitrogens with zero attached hydrogens (tertiary/aromatic N) is 2. The van der Waals surface area contributed by atoms with Crippen LogP contribution in [-0.2, 0) is 14.6 Å². The predicted octanol–water partition coefficient (Wildman–Crippen LogP) is -1.48. The normalized spacial score (nSPS) is 20.3. The van der Waals surface area contributed by atoms with Gasteiger partial charge in [0.2, 0.25) is 5.91 Å². The third kappa shape index (κ3) is 5.01. The van der Waals surface area contributed by atoms with Gasteiger partial charge < -0.3 is 15.5 Å². The molecule has 1 fully saturated rings. The smallest absolute Gasteiger partial charge is 0.239 e. The van der Waals surface area contributed by atoms with Gasteiger partial charge in [0.15, 0.2) is 0 Å². The van der Waals surface area contributed by atoms with Crippen molar-refractivity contribution in [2.45, 2.75) is 12.5 Å². The second-order valence-corrected chi connectivity index (χ2v) is 6.91. The lowest BCUT2D eigenvalue weighted by Gasteiger charge is -2.33. The Kier molecular flexibility index (Phi) is 4.91. The van der Waals surface area contributed by atoms with Gasteiger partial charge in [0.25, 0.3) is 0 Å². The van der Waals surface area contributed by atoms with Gasteiger partial charge >= 0.3 is 0 Å². The maximum atomic E-state index is 11.9. The third-order valence-electron chi connectivity index (χ3n) is 2.93. The number of rotatable bonds is 4. The molecule has 1 amide bonds. The molecule has 7 heteroatoms. The maximum absolute atomic E-state index is 11.9. The molecule has 17 heavy (non-hydrogen) atoms. The number of hydrogen-bond acceptors (Lipinski definition) is 5.